The fraction of sp³-hybridized carbons (Fsp3) is 0.778. The molecule has 0 aliphatic heterocycles. The minimum Gasteiger partial charge on any atom is -0.301 e. The minimum atomic E-state index is -2.92. The molecule has 0 aliphatic carbocycles. The van der Waals surface area contributed by atoms with Crippen LogP contribution in [0.15, 0.2) is 12.7 Å². The molecule has 0 bridgehead atoms. The van der Waals surface area contributed by atoms with Crippen LogP contribution in [0.3, 0.4) is 0 Å². The van der Waals surface area contributed by atoms with Gasteiger partial charge in [-0.1, -0.05) is 19.9 Å². The summed E-state index contributed by atoms with van der Waals surface area (Å²) in [5, 5.41) is 0. The molecule has 0 saturated heterocycles. The smallest absolute Gasteiger partial charge is 0.301 e. The first kappa shape index (κ1) is 14.2. The molecule has 0 aliphatic rings. The van der Waals surface area contributed by atoms with Crippen LogP contribution in [0.1, 0.15) is 26.7 Å². The van der Waals surface area contributed by atoms with Crippen LogP contribution in [0, 0.1) is 0 Å². The highest BCUT2D eigenvalue weighted by Gasteiger charge is 2.23. The van der Waals surface area contributed by atoms with E-state index in [2.05, 4.69) is 6.58 Å². The highest BCUT2D eigenvalue weighted by Crippen LogP contribution is 2.60. The Morgan fingerprint density at radius 2 is 1.79 bits per heavy atom. The SMILES string of the molecule is C=CCSP(=O)(OCCC)OCCC. The molecule has 0 saturated carbocycles. The van der Waals surface area contributed by atoms with Crippen molar-refractivity contribution in [1.29, 1.82) is 0 Å². The van der Waals surface area contributed by atoms with E-state index in [1.165, 1.54) is 11.4 Å². The van der Waals surface area contributed by atoms with Crippen LogP contribution < -0.4 is 0 Å². The Morgan fingerprint density at radius 1 is 1.29 bits per heavy atom. The maximum atomic E-state index is 12.0. The topological polar surface area (TPSA) is 35.5 Å². The van der Waals surface area contributed by atoms with Crippen LogP contribution in [-0.4, -0.2) is 19.0 Å². The van der Waals surface area contributed by atoms with Crippen molar-refractivity contribution in [2.24, 2.45) is 0 Å². The predicted octanol–water partition coefficient (Wildman–Crippen LogP) is 3.87. The molecule has 14 heavy (non-hydrogen) atoms. The molecule has 0 aromatic heterocycles. The second kappa shape index (κ2) is 8.54. The van der Waals surface area contributed by atoms with Crippen molar-refractivity contribution in [1.82, 2.24) is 0 Å². The average molecular weight is 238 g/mol. The summed E-state index contributed by atoms with van der Waals surface area (Å²) in [4.78, 5) is 0. The Hall–Kier alpha value is 0.240. The Kier molecular flexibility index (Phi) is 8.69. The summed E-state index contributed by atoms with van der Waals surface area (Å²) in [5.74, 6) is 0.588. The van der Waals surface area contributed by atoms with E-state index in [-0.39, 0.29) is 0 Å². The lowest BCUT2D eigenvalue weighted by Gasteiger charge is -2.16. The van der Waals surface area contributed by atoms with Crippen molar-refractivity contribution in [3.63, 3.8) is 0 Å². The molecule has 0 spiro atoms. The fourth-order valence-electron chi connectivity index (χ4n) is 0.662. The molecule has 0 unspecified atom stereocenters. The molecule has 5 heteroatoms. The second-order valence-corrected chi connectivity index (χ2v) is 6.82. The van der Waals surface area contributed by atoms with E-state index in [1.54, 1.807) is 6.08 Å². The van der Waals surface area contributed by atoms with Crippen LogP contribution in [0.2, 0.25) is 0 Å². The molecular formula is C9H19O3PS. The molecule has 0 amide bonds. The van der Waals surface area contributed by atoms with Gasteiger partial charge < -0.3 is 9.05 Å². The van der Waals surface area contributed by atoms with Crippen molar-refractivity contribution >= 4 is 18.2 Å². The van der Waals surface area contributed by atoms with Crippen LogP contribution in [-0.2, 0) is 13.6 Å². The quantitative estimate of drug-likeness (QED) is 0.451. The zero-order valence-electron chi connectivity index (χ0n) is 8.90. The van der Waals surface area contributed by atoms with Crippen LogP contribution in [0.25, 0.3) is 0 Å². The van der Waals surface area contributed by atoms with E-state index in [9.17, 15) is 4.57 Å². The highest BCUT2D eigenvalue weighted by atomic mass is 32.7. The molecule has 3 nitrogen and oxygen atoms in total. The average Bonchev–Trinajstić information content (AvgIpc) is 2.21. The third-order valence-corrected chi connectivity index (χ3v) is 4.98. The number of rotatable bonds is 9. The fourth-order valence-corrected chi connectivity index (χ4v) is 3.74. The largest absolute Gasteiger partial charge is 0.389 e. The lowest BCUT2D eigenvalue weighted by molar-refractivity contribution is 0.220. The number of hydrogen-bond acceptors (Lipinski definition) is 4. The highest BCUT2D eigenvalue weighted by molar-refractivity contribution is 8.55. The van der Waals surface area contributed by atoms with Gasteiger partial charge >= 0.3 is 6.80 Å². The van der Waals surface area contributed by atoms with Crippen molar-refractivity contribution in [3.8, 4) is 0 Å². The van der Waals surface area contributed by atoms with Gasteiger partial charge in [-0.2, -0.15) is 0 Å². The summed E-state index contributed by atoms with van der Waals surface area (Å²) < 4.78 is 22.4. The van der Waals surface area contributed by atoms with E-state index in [0.717, 1.165) is 12.8 Å². The van der Waals surface area contributed by atoms with Crippen molar-refractivity contribution in [2.45, 2.75) is 26.7 Å². The van der Waals surface area contributed by atoms with E-state index < -0.39 is 6.80 Å². The maximum Gasteiger partial charge on any atom is 0.389 e. The van der Waals surface area contributed by atoms with E-state index in [1.807, 2.05) is 13.8 Å². The molecule has 0 heterocycles. The first-order valence-corrected chi connectivity index (χ1v) is 7.96. The Balaban J connectivity index is 4.03. The van der Waals surface area contributed by atoms with Crippen LogP contribution >= 0.6 is 18.2 Å². The van der Waals surface area contributed by atoms with Gasteiger partial charge in [-0.25, -0.2) is 4.57 Å². The zero-order chi connectivity index (χ0) is 10.9. The molecule has 0 N–H and O–H groups in total. The van der Waals surface area contributed by atoms with Gasteiger partial charge in [0.15, 0.2) is 0 Å². The molecule has 0 radical (unpaired) electrons. The summed E-state index contributed by atoms with van der Waals surface area (Å²) in [6.45, 7) is 5.55. The summed E-state index contributed by atoms with van der Waals surface area (Å²) in [6.07, 6.45) is 3.38. The standard InChI is InChI=1S/C9H19O3PS/c1-4-7-11-13(10,12-8-5-2)14-9-6-3/h6H,3-5,7-9H2,1-2H3. The third-order valence-electron chi connectivity index (χ3n) is 1.26. The summed E-state index contributed by atoms with van der Waals surface area (Å²) in [6, 6.07) is 0. The molecule has 0 aromatic rings. The Labute approximate surface area is 90.5 Å². The van der Waals surface area contributed by atoms with Gasteiger partial charge in [-0.15, -0.1) is 6.58 Å². The van der Waals surface area contributed by atoms with Gasteiger partial charge in [-0.3, -0.25) is 0 Å². The summed E-state index contributed by atoms with van der Waals surface area (Å²) in [5.41, 5.74) is 0. The molecule has 0 aromatic carbocycles. The van der Waals surface area contributed by atoms with Gasteiger partial charge in [0.05, 0.1) is 13.2 Å². The summed E-state index contributed by atoms with van der Waals surface area (Å²) in [7, 11) is 0. The van der Waals surface area contributed by atoms with E-state index >= 15 is 0 Å². The predicted molar refractivity (Wildman–Crippen MR) is 62.7 cm³/mol. The molecule has 0 fully saturated rings. The molecule has 0 rings (SSSR count). The van der Waals surface area contributed by atoms with Crippen LogP contribution in [0.5, 0.6) is 0 Å². The molecular weight excluding hydrogens is 219 g/mol. The van der Waals surface area contributed by atoms with Gasteiger partial charge in [0.25, 0.3) is 0 Å². The molecule has 84 valence electrons. The Morgan fingerprint density at radius 3 is 2.14 bits per heavy atom. The van der Waals surface area contributed by atoms with Crippen molar-refractivity contribution < 1.29 is 13.6 Å². The minimum absolute atomic E-state index is 0.477. The normalized spacial score (nSPS) is 11.6. The van der Waals surface area contributed by atoms with Gasteiger partial charge in [-0.05, 0) is 24.2 Å². The second-order valence-electron chi connectivity index (χ2n) is 2.70. The first-order chi connectivity index (χ1) is 6.68. The Bertz CT molecular complexity index is 184. The third kappa shape index (κ3) is 6.66. The van der Waals surface area contributed by atoms with E-state index in [4.69, 9.17) is 9.05 Å². The lowest BCUT2D eigenvalue weighted by atomic mass is 10.5. The van der Waals surface area contributed by atoms with Crippen LogP contribution in [0.4, 0.5) is 0 Å². The van der Waals surface area contributed by atoms with E-state index in [0.29, 0.717) is 19.0 Å². The van der Waals surface area contributed by atoms with Crippen molar-refractivity contribution in [2.75, 3.05) is 19.0 Å². The lowest BCUT2D eigenvalue weighted by Crippen LogP contribution is -1.95. The maximum absolute atomic E-state index is 12.0. The zero-order valence-corrected chi connectivity index (χ0v) is 10.6. The van der Waals surface area contributed by atoms with Crippen molar-refractivity contribution in [3.05, 3.63) is 12.7 Å². The number of hydrogen-bond donors (Lipinski definition) is 0. The van der Waals surface area contributed by atoms with Gasteiger partial charge in [0, 0.05) is 5.75 Å². The first-order valence-electron chi connectivity index (χ1n) is 4.83. The molecule has 0 atom stereocenters. The van der Waals surface area contributed by atoms with Gasteiger partial charge in [0.1, 0.15) is 0 Å². The monoisotopic (exact) mass is 238 g/mol. The van der Waals surface area contributed by atoms with Gasteiger partial charge in [0.2, 0.25) is 0 Å². The summed E-state index contributed by atoms with van der Waals surface area (Å²) >= 11 is 1.20.